The van der Waals surface area contributed by atoms with Crippen LogP contribution in [0.5, 0.6) is 0 Å². The van der Waals surface area contributed by atoms with Gasteiger partial charge in [-0.1, -0.05) is 38.6 Å². The van der Waals surface area contributed by atoms with Crippen LogP contribution in [0.15, 0.2) is 60.7 Å². The number of allylic oxidation sites excluding steroid dienone is 1. The topological polar surface area (TPSA) is 22.0 Å². The van der Waals surface area contributed by atoms with Gasteiger partial charge >= 0.3 is 0 Å². The van der Waals surface area contributed by atoms with Gasteiger partial charge in [0.2, 0.25) is 0 Å². The van der Waals surface area contributed by atoms with Crippen molar-refractivity contribution >= 4 is 19.0 Å². The lowest BCUT2D eigenvalue weighted by molar-refractivity contribution is -0.118. The third-order valence-electron chi connectivity index (χ3n) is 3.96. The fourth-order valence-corrected chi connectivity index (χ4v) is 6.39. The first kappa shape index (κ1) is 14.3. The molecule has 1 saturated heterocycles. The molecule has 1 aliphatic heterocycles. The maximum Gasteiger partial charge on any atom is 0.138 e. The minimum Gasteiger partial charge on any atom is -0.323 e. The molecule has 2 aromatic rings. The van der Waals surface area contributed by atoms with E-state index in [0.29, 0.717) is 18.6 Å². The summed E-state index contributed by atoms with van der Waals surface area (Å²) in [5.41, 5.74) is 1.21. The van der Waals surface area contributed by atoms with Gasteiger partial charge in [-0.15, -0.1) is 0 Å². The van der Waals surface area contributed by atoms with Gasteiger partial charge in [0.05, 0.1) is 5.69 Å². The van der Waals surface area contributed by atoms with Gasteiger partial charge in [-0.05, 0) is 36.6 Å². The number of nitrogens with zero attached hydrogens (tertiary/aromatic N) is 1. The summed E-state index contributed by atoms with van der Waals surface area (Å²) in [7, 11) is -0.560. The molecule has 108 valence electrons. The molecule has 0 saturated carbocycles. The maximum atomic E-state index is 11.9. The van der Waals surface area contributed by atoms with E-state index < -0.39 is 7.92 Å². The number of hydrogen-bond acceptors (Lipinski definition) is 1. The number of carbonyl (C=O) groups is 1. The van der Waals surface area contributed by atoms with E-state index in [9.17, 15) is 4.79 Å². The molecule has 1 aliphatic rings. The number of carbonyl (C=O) groups excluding carboxylic acids is 1. The Morgan fingerprint density at radius 1 is 1.14 bits per heavy atom. The Morgan fingerprint density at radius 2 is 1.81 bits per heavy atom. The lowest BCUT2D eigenvalue weighted by atomic mass is 10.0. The first-order chi connectivity index (χ1) is 9.99. The largest absolute Gasteiger partial charge is 0.323 e. The Morgan fingerprint density at radius 3 is 2.48 bits per heavy atom. The highest BCUT2D eigenvalue weighted by Gasteiger charge is 2.40. The summed E-state index contributed by atoms with van der Waals surface area (Å²) in [4.78, 5) is 11.9. The maximum absolute atomic E-state index is 11.9. The summed E-state index contributed by atoms with van der Waals surface area (Å²) in [5.74, 6) is 0.321. The van der Waals surface area contributed by atoms with Crippen LogP contribution in [0.25, 0.3) is 5.69 Å². The number of ketones is 1. The highest BCUT2D eigenvalue weighted by molar-refractivity contribution is 7.71. The molecule has 0 N–H and O–H groups in total. The zero-order valence-corrected chi connectivity index (χ0v) is 13.4. The lowest BCUT2D eigenvalue weighted by Crippen LogP contribution is -2.32. The molecule has 0 aliphatic carbocycles. The van der Waals surface area contributed by atoms with Gasteiger partial charge in [-0.3, -0.25) is 4.79 Å². The highest BCUT2D eigenvalue weighted by Crippen LogP contribution is 2.60. The van der Waals surface area contributed by atoms with Gasteiger partial charge in [-0.2, -0.15) is 0 Å². The van der Waals surface area contributed by atoms with Crippen molar-refractivity contribution < 1.29 is 4.79 Å². The predicted molar refractivity (Wildman–Crippen MR) is 89.8 cm³/mol. The van der Waals surface area contributed by atoms with Crippen LogP contribution < -0.4 is 5.30 Å². The van der Waals surface area contributed by atoms with Crippen molar-refractivity contribution in [3.8, 4) is 5.69 Å². The van der Waals surface area contributed by atoms with Gasteiger partial charge in [0.25, 0.3) is 0 Å². The first-order valence-electron chi connectivity index (χ1n) is 7.21. The lowest BCUT2D eigenvalue weighted by Gasteiger charge is -2.40. The summed E-state index contributed by atoms with van der Waals surface area (Å²) in [6.45, 7) is 8.64. The van der Waals surface area contributed by atoms with E-state index in [1.165, 1.54) is 11.0 Å². The molecule has 1 fully saturated rings. The van der Waals surface area contributed by atoms with E-state index in [2.05, 4.69) is 61.7 Å². The molecule has 0 amide bonds. The van der Waals surface area contributed by atoms with Gasteiger partial charge in [0.1, 0.15) is 5.78 Å². The van der Waals surface area contributed by atoms with E-state index in [0.717, 1.165) is 5.31 Å². The Balaban J connectivity index is 2.12. The fraction of sp³-hybridized carbons (Fsp3) is 0.278. The molecule has 0 spiro atoms. The van der Waals surface area contributed by atoms with Crippen LogP contribution in [0.4, 0.5) is 0 Å². The minimum absolute atomic E-state index is 0.0228. The van der Waals surface area contributed by atoms with Gasteiger partial charge in [0, 0.05) is 30.5 Å². The molecular formula is C18H20NOP. The Labute approximate surface area is 127 Å². The molecule has 3 rings (SSSR count). The molecule has 3 heteroatoms. The standard InChI is InChI=1S/C18H20NOP/c1-14-12-15(20)13-18(2,3)21(14)17-9-5-4-8-16(17)19-10-6-7-11-19/h4-11H,1,12-13H2,2-3H3. The Kier molecular flexibility index (Phi) is 3.59. The van der Waals surface area contributed by atoms with Gasteiger partial charge in [0.15, 0.2) is 0 Å². The van der Waals surface area contributed by atoms with Crippen molar-refractivity contribution in [1.82, 2.24) is 4.57 Å². The summed E-state index contributed by atoms with van der Waals surface area (Å²) < 4.78 is 2.15. The first-order valence-corrected chi connectivity index (χ1v) is 8.55. The zero-order chi connectivity index (χ0) is 15.0. The van der Waals surface area contributed by atoms with Crippen molar-refractivity contribution in [2.45, 2.75) is 31.8 Å². The number of hydrogen-bond donors (Lipinski definition) is 0. The molecule has 1 atom stereocenters. The second-order valence-corrected chi connectivity index (χ2v) is 9.18. The molecule has 1 aromatic carbocycles. The Bertz CT molecular complexity index is 685. The number of benzene rings is 1. The normalized spacial score (nSPS) is 21.5. The van der Waals surface area contributed by atoms with Gasteiger partial charge < -0.3 is 4.57 Å². The van der Waals surface area contributed by atoms with Crippen molar-refractivity contribution in [2.24, 2.45) is 0 Å². The van der Waals surface area contributed by atoms with Crippen LogP contribution in [-0.2, 0) is 4.79 Å². The quantitative estimate of drug-likeness (QED) is 0.760. The predicted octanol–water partition coefficient (Wildman–Crippen LogP) is 4.24. The van der Waals surface area contributed by atoms with Crippen LogP contribution in [-0.4, -0.2) is 15.5 Å². The number of para-hydroxylation sites is 1. The summed E-state index contributed by atoms with van der Waals surface area (Å²) in [6, 6.07) is 12.6. The highest BCUT2D eigenvalue weighted by atomic mass is 31.1. The minimum atomic E-state index is -0.560. The van der Waals surface area contributed by atoms with E-state index in [1.54, 1.807) is 0 Å². The smallest absolute Gasteiger partial charge is 0.138 e. The molecule has 1 aromatic heterocycles. The SMILES string of the molecule is C=C1CC(=O)CC(C)(C)P1c1ccccc1-n1cccc1. The van der Waals surface area contributed by atoms with Gasteiger partial charge in [-0.25, -0.2) is 0 Å². The number of Topliss-reactive ketones (excluding diaryl/α,β-unsaturated/α-hetero) is 1. The Hall–Kier alpha value is -1.66. The van der Waals surface area contributed by atoms with Crippen LogP contribution >= 0.6 is 7.92 Å². The van der Waals surface area contributed by atoms with Crippen LogP contribution in [0.2, 0.25) is 0 Å². The van der Waals surface area contributed by atoms with E-state index in [1.807, 2.05) is 12.1 Å². The van der Waals surface area contributed by atoms with Crippen LogP contribution in [0.1, 0.15) is 26.7 Å². The number of rotatable bonds is 2. The second-order valence-electron chi connectivity index (χ2n) is 6.19. The third-order valence-corrected chi connectivity index (χ3v) is 6.98. The van der Waals surface area contributed by atoms with E-state index >= 15 is 0 Å². The van der Waals surface area contributed by atoms with Crippen molar-refractivity contribution in [3.05, 3.63) is 60.7 Å². The molecule has 21 heavy (non-hydrogen) atoms. The van der Waals surface area contributed by atoms with Crippen molar-refractivity contribution in [1.29, 1.82) is 0 Å². The monoisotopic (exact) mass is 297 g/mol. The summed E-state index contributed by atoms with van der Waals surface area (Å²) in [6.07, 6.45) is 5.32. The average Bonchev–Trinajstić information content (AvgIpc) is 2.90. The number of aromatic nitrogens is 1. The molecule has 1 unspecified atom stereocenters. The van der Waals surface area contributed by atoms with E-state index in [4.69, 9.17) is 0 Å². The molecule has 2 nitrogen and oxygen atoms in total. The summed E-state index contributed by atoms with van der Waals surface area (Å²) in [5, 5.41) is 2.41. The average molecular weight is 297 g/mol. The zero-order valence-electron chi connectivity index (χ0n) is 12.5. The fourth-order valence-electron chi connectivity index (χ4n) is 3.22. The molecular weight excluding hydrogens is 277 g/mol. The molecule has 0 bridgehead atoms. The third kappa shape index (κ3) is 2.61. The van der Waals surface area contributed by atoms with Crippen molar-refractivity contribution in [2.75, 3.05) is 0 Å². The molecule has 2 heterocycles. The van der Waals surface area contributed by atoms with E-state index in [-0.39, 0.29) is 5.16 Å². The second kappa shape index (κ2) is 5.27. The summed E-state index contributed by atoms with van der Waals surface area (Å²) >= 11 is 0. The molecule has 0 radical (unpaired) electrons. The van der Waals surface area contributed by atoms with Crippen LogP contribution in [0.3, 0.4) is 0 Å². The van der Waals surface area contributed by atoms with Crippen LogP contribution in [0, 0.1) is 0 Å². The van der Waals surface area contributed by atoms with Crippen molar-refractivity contribution in [3.63, 3.8) is 0 Å².